The van der Waals surface area contributed by atoms with Crippen LogP contribution in [0.15, 0.2) is 16.7 Å². The standard InChI is InChI=1S/C14H20BrN5/c1-3-12-14(15)13(19(2)18-12)9-20-7-6-11(17-20)8-16-10-4-5-10/h6-7,10,16H,3-5,8-9H2,1-2H3. The van der Waals surface area contributed by atoms with Crippen LogP contribution >= 0.6 is 15.9 Å². The Kier molecular flexibility index (Phi) is 3.94. The van der Waals surface area contributed by atoms with E-state index in [-0.39, 0.29) is 0 Å². The van der Waals surface area contributed by atoms with Crippen LogP contribution in [0.2, 0.25) is 0 Å². The van der Waals surface area contributed by atoms with Gasteiger partial charge in [0.15, 0.2) is 0 Å². The molecule has 5 nitrogen and oxygen atoms in total. The summed E-state index contributed by atoms with van der Waals surface area (Å²) in [5.41, 5.74) is 3.36. The molecule has 1 N–H and O–H groups in total. The Morgan fingerprint density at radius 3 is 2.85 bits per heavy atom. The minimum atomic E-state index is 0.721. The number of hydrogen-bond donors (Lipinski definition) is 1. The monoisotopic (exact) mass is 337 g/mol. The summed E-state index contributed by atoms with van der Waals surface area (Å²) in [7, 11) is 1.98. The zero-order valence-corrected chi connectivity index (χ0v) is 13.5. The third-order valence-electron chi connectivity index (χ3n) is 3.66. The van der Waals surface area contributed by atoms with Gasteiger partial charge in [0, 0.05) is 25.8 Å². The van der Waals surface area contributed by atoms with Crippen LogP contribution in [0, 0.1) is 0 Å². The van der Waals surface area contributed by atoms with Crippen molar-refractivity contribution in [2.24, 2.45) is 7.05 Å². The fourth-order valence-corrected chi connectivity index (χ4v) is 3.01. The first-order chi connectivity index (χ1) is 9.67. The molecule has 0 aliphatic heterocycles. The average Bonchev–Trinajstić information content (AvgIpc) is 3.11. The van der Waals surface area contributed by atoms with E-state index in [0.29, 0.717) is 0 Å². The molecule has 3 rings (SSSR count). The maximum atomic E-state index is 4.61. The van der Waals surface area contributed by atoms with Gasteiger partial charge in [-0.3, -0.25) is 9.36 Å². The highest BCUT2D eigenvalue weighted by molar-refractivity contribution is 9.10. The Morgan fingerprint density at radius 2 is 2.20 bits per heavy atom. The highest BCUT2D eigenvalue weighted by Crippen LogP contribution is 2.22. The molecule has 2 aromatic rings. The summed E-state index contributed by atoms with van der Waals surface area (Å²) >= 11 is 3.65. The molecule has 1 aliphatic rings. The van der Waals surface area contributed by atoms with Crippen molar-refractivity contribution in [3.8, 4) is 0 Å². The number of nitrogens with zero attached hydrogens (tertiary/aromatic N) is 4. The molecule has 0 spiro atoms. The number of nitrogens with one attached hydrogen (secondary N) is 1. The van der Waals surface area contributed by atoms with Crippen LogP contribution < -0.4 is 5.32 Å². The summed E-state index contributed by atoms with van der Waals surface area (Å²) in [5.74, 6) is 0. The van der Waals surface area contributed by atoms with Crippen molar-refractivity contribution < 1.29 is 0 Å². The van der Waals surface area contributed by atoms with Gasteiger partial charge in [0.1, 0.15) is 0 Å². The van der Waals surface area contributed by atoms with Crippen molar-refractivity contribution in [3.05, 3.63) is 33.8 Å². The van der Waals surface area contributed by atoms with E-state index in [2.05, 4.69) is 44.4 Å². The molecule has 20 heavy (non-hydrogen) atoms. The van der Waals surface area contributed by atoms with Crippen molar-refractivity contribution >= 4 is 15.9 Å². The highest BCUT2D eigenvalue weighted by atomic mass is 79.9. The maximum absolute atomic E-state index is 4.61. The second-order valence-corrected chi connectivity index (χ2v) is 6.14. The third-order valence-corrected chi connectivity index (χ3v) is 4.58. The van der Waals surface area contributed by atoms with Crippen molar-refractivity contribution in [3.63, 3.8) is 0 Å². The van der Waals surface area contributed by atoms with Crippen LogP contribution in [0.3, 0.4) is 0 Å². The van der Waals surface area contributed by atoms with Crippen LogP contribution in [-0.4, -0.2) is 25.6 Å². The highest BCUT2D eigenvalue weighted by Gasteiger charge is 2.20. The minimum absolute atomic E-state index is 0.721. The first-order valence-corrected chi connectivity index (χ1v) is 7.92. The molecule has 0 radical (unpaired) electrons. The lowest BCUT2D eigenvalue weighted by molar-refractivity contribution is 0.597. The van der Waals surface area contributed by atoms with E-state index >= 15 is 0 Å². The Bertz CT molecular complexity index is 597. The number of rotatable bonds is 6. The van der Waals surface area contributed by atoms with Crippen LogP contribution in [0.5, 0.6) is 0 Å². The quantitative estimate of drug-likeness (QED) is 0.879. The molecule has 0 unspecified atom stereocenters. The van der Waals surface area contributed by atoms with E-state index in [1.165, 1.54) is 12.8 Å². The van der Waals surface area contributed by atoms with Crippen molar-refractivity contribution in [2.45, 2.75) is 45.3 Å². The van der Waals surface area contributed by atoms with Gasteiger partial charge in [-0.15, -0.1) is 0 Å². The van der Waals surface area contributed by atoms with Crippen molar-refractivity contribution in [2.75, 3.05) is 0 Å². The zero-order valence-electron chi connectivity index (χ0n) is 11.9. The second-order valence-electron chi connectivity index (χ2n) is 5.34. The smallest absolute Gasteiger partial charge is 0.0839 e. The van der Waals surface area contributed by atoms with Gasteiger partial charge >= 0.3 is 0 Å². The second kappa shape index (κ2) is 5.69. The number of hydrogen-bond acceptors (Lipinski definition) is 3. The van der Waals surface area contributed by atoms with Gasteiger partial charge in [-0.25, -0.2) is 0 Å². The van der Waals surface area contributed by atoms with E-state index in [1.807, 2.05) is 22.6 Å². The minimum Gasteiger partial charge on any atom is -0.308 e. The molecule has 0 atom stereocenters. The molecule has 2 aromatic heterocycles. The lowest BCUT2D eigenvalue weighted by Gasteiger charge is -2.04. The molecular formula is C14H20BrN5. The van der Waals surface area contributed by atoms with Gasteiger partial charge in [0.2, 0.25) is 0 Å². The molecule has 0 amide bonds. The van der Waals surface area contributed by atoms with Crippen molar-refractivity contribution in [1.82, 2.24) is 24.9 Å². The van der Waals surface area contributed by atoms with Gasteiger partial charge in [-0.2, -0.15) is 10.2 Å². The largest absolute Gasteiger partial charge is 0.308 e. The SMILES string of the molecule is CCc1nn(C)c(Cn2ccc(CNC3CC3)n2)c1Br. The predicted molar refractivity (Wildman–Crippen MR) is 81.5 cm³/mol. The normalized spacial score (nSPS) is 14.9. The van der Waals surface area contributed by atoms with Gasteiger partial charge < -0.3 is 5.32 Å². The van der Waals surface area contributed by atoms with E-state index in [4.69, 9.17) is 0 Å². The zero-order chi connectivity index (χ0) is 14.1. The summed E-state index contributed by atoms with van der Waals surface area (Å²) in [6, 6.07) is 2.80. The van der Waals surface area contributed by atoms with Crippen LogP contribution in [0.25, 0.3) is 0 Å². The molecule has 108 valence electrons. The van der Waals surface area contributed by atoms with E-state index in [1.54, 1.807) is 0 Å². The fraction of sp³-hybridized carbons (Fsp3) is 0.571. The number of aryl methyl sites for hydroxylation is 2. The lowest BCUT2D eigenvalue weighted by atomic mass is 10.3. The molecule has 6 heteroatoms. The predicted octanol–water partition coefficient (Wildman–Crippen LogP) is 2.24. The molecular weight excluding hydrogens is 318 g/mol. The summed E-state index contributed by atoms with van der Waals surface area (Å²) in [5, 5.41) is 12.6. The Hall–Kier alpha value is -1.14. The first kappa shape index (κ1) is 13.8. The van der Waals surface area contributed by atoms with Gasteiger partial charge in [0.05, 0.1) is 28.1 Å². The molecule has 0 bridgehead atoms. The summed E-state index contributed by atoms with van der Waals surface area (Å²) in [6.45, 7) is 3.73. The summed E-state index contributed by atoms with van der Waals surface area (Å²) in [4.78, 5) is 0. The summed E-state index contributed by atoms with van der Waals surface area (Å²) in [6.07, 6.45) is 5.59. The molecule has 2 heterocycles. The fourth-order valence-electron chi connectivity index (χ4n) is 2.27. The molecule has 1 saturated carbocycles. The van der Waals surface area contributed by atoms with Gasteiger partial charge in [-0.05, 0) is 41.3 Å². The molecule has 0 saturated heterocycles. The molecule has 1 aliphatic carbocycles. The van der Waals surface area contributed by atoms with E-state index in [9.17, 15) is 0 Å². The van der Waals surface area contributed by atoms with E-state index < -0.39 is 0 Å². The number of aromatic nitrogens is 4. The first-order valence-electron chi connectivity index (χ1n) is 7.13. The van der Waals surface area contributed by atoms with Gasteiger partial charge in [-0.1, -0.05) is 6.92 Å². The topological polar surface area (TPSA) is 47.7 Å². The van der Waals surface area contributed by atoms with Crippen LogP contribution in [0.4, 0.5) is 0 Å². The summed E-state index contributed by atoms with van der Waals surface area (Å²) < 4.78 is 5.02. The van der Waals surface area contributed by atoms with Crippen LogP contribution in [0.1, 0.15) is 36.8 Å². The van der Waals surface area contributed by atoms with Crippen LogP contribution in [-0.2, 0) is 26.6 Å². The Balaban J connectivity index is 1.69. The third kappa shape index (κ3) is 2.96. The average molecular weight is 338 g/mol. The molecule has 1 fully saturated rings. The Labute approximate surface area is 127 Å². The van der Waals surface area contributed by atoms with Crippen molar-refractivity contribution in [1.29, 1.82) is 0 Å². The van der Waals surface area contributed by atoms with E-state index in [0.717, 1.165) is 47.1 Å². The number of halogens is 1. The lowest BCUT2D eigenvalue weighted by Crippen LogP contribution is -2.16. The molecule has 0 aromatic carbocycles. The van der Waals surface area contributed by atoms with Gasteiger partial charge in [0.25, 0.3) is 0 Å². The maximum Gasteiger partial charge on any atom is 0.0839 e. The Morgan fingerprint density at radius 1 is 1.40 bits per heavy atom.